The Balaban J connectivity index is 2.05. The fraction of sp³-hybridized carbons (Fsp3) is 0.500. The van der Waals surface area contributed by atoms with Gasteiger partial charge in [-0.05, 0) is 54.9 Å². The van der Waals surface area contributed by atoms with Crippen LogP contribution in [0.4, 0.5) is 0 Å². The van der Waals surface area contributed by atoms with Gasteiger partial charge in [0.15, 0.2) is 5.78 Å². The van der Waals surface area contributed by atoms with Crippen molar-refractivity contribution in [3.8, 4) is 0 Å². The molecule has 0 atom stereocenters. The molecule has 0 amide bonds. The Morgan fingerprint density at radius 1 is 1.41 bits per heavy atom. The first kappa shape index (κ1) is 13.0. The highest BCUT2D eigenvalue weighted by Crippen LogP contribution is 2.27. The first-order valence-electron chi connectivity index (χ1n) is 6.04. The van der Waals surface area contributed by atoms with Gasteiger partial charge in [0, 0.05) is 17.0 Å². The van der Waals surface area contributed by atoms with Crippen molar-refractivity contribution in [2.45, 2.75) is 26.2 Å². The molecule has 0 spiro atoms. The average Bonchev–Trinajstić information content (AvgIpc) is 2.33. The molecule has 1 saturated heterocycles. The highest BCUT2D eigenvalue weighted by atomic mass is 35.5. The fourth-order valence-corrected chi connectivity index (χ4v) is 3.59. The molecular formula is C14H17ClOS. The molecule has 17 heavy (non-hydrogen) atoms. The van der Waals surface area contributed by atoms with E-state index < -0.39 is 0 Å². The maximum Gasteiger partial charge on any atom is 0.163 e. The Morgan fingerprint density at radius 3 is 2.82 bits per heavy atom. The molecule has 92 valence electrons. The summed E-state index contributed by atoms with van der Waals surface area (Å²) < 4.78 is 0. The molecule has 0 aromatic heterocycles. The van der Waals surface area contributed by atoms with Crippen LogP contribution in [0.3, 0.4) is 0 Å². The normalized spacial score (nSPS) is 17.1. The van der Waals surface area contributed by atoms with Crippen molar-refractivity contribution >= 4 is 29.1 Å². The van der Waals surface area contributed by atoms with Crippen LogP contribution in [0.2, 0.25) is 5.02 Å². The van der Waals surface area contributed by atoms with Crippen LogP contribution in [0, 0.1) is 12.8 Å². The van der Waals surface area contributed by atoms with Crippen molar-refractivity contribution in [3.05, 3.63) is 34.3 Å². The first-order chi connectivity index (χ1) is 8.16. The van der Waals surface area contributed by atoms with Crippen molar-refractivity contribution in [2.24, 2.45) is 5.92 Å². The molecule has 1 aliphatic rings. The highest BCUT2D eigenvalue weighted by molar-refractivity contribution is 7.99. The molecule has 1 aromatic rings. The number of thioether (sulfide) groups is 1. The van der Waals surface area contributed by atoms with Gasteiger partial charge in [-0.25, -0.2) is 0 Å². The number of halogens is 1. The van der Waals surface area contributed by atoms with Crippen LogP contribution in [-0.4, -0.2) is 17.3 Å². The zero-order valence-corrected chi connectivity index (χ0v) is 11.6. The van der Waals surface area contributed by atoms with Gasteiger partial charge in [-0.1, -0.05) is 17.7 Å². The quantitative estimate of drug-likeness (QED) is 0.758. The van der Waals surface area contributed by atoms with Crippen LogP contribution in [0.1, 0.15) is 35.2 Å². The lowest BCUT2D eigenvalue weighted by molar-refractivity contribution is 0.0958. The number of benzene rings is 1. The van der Waals surface area contributed by atoms with Crippen molar-refractivity contribution in [1.29, 1.82) is 0 Å². The predicted octanol–water partition coefficient (Wildman–Crippen LogP) is 4.36. The van der Waals surface area contributed by atoms with Crippen LogP contribution >= 0.6 is 23.4 Å². The minimum Gasteiger partial charge on any atom is -0.294 e. The second-order valence-electron chi connectivity index (χ2n) is 4.64. The number of ketones is 1. The van der Waals surface area contributed by atoms with E-state index in [-0.39, 0.29) is 5.78 Å². The molecule has 1 nitrogen and oxygen atoms in total. The van der Waals surface area contributed by atoms with E-state index in [1.54, 1.807) is 6.07 Å². The monoisotopic (exact) mass is 268 g/mol. The molecule has 1 heterocycles. The van der Waals surface area contributed by atoms with Crippen LogP contribution < -0.4 is 0 Å². The maximum atomic E-state index is 12.2. The zero-order valence-electron chi connectivity index (χ0n) is 10.0. The summed E-state index contributed by atoms with van der Waals surface area (Å²) in [5.74, 6) is 3.22. The second kappa shape index (κ2) is 5.92. The van der Waals surface area contributed by atoms with Crippen LogP contribution in [-0.2, 0) is 0 Å². The van der Waals surface area contributed by atoms with Crippen LogP contribution in [0.5, 0.6) is 0 Å². The lowest BCUT2D eigenvalue weighted by Gasteiger charge is -2.20. The Labute approximate surface area is 112 Å². The zero-order chi connectivity index (χ0) is 12.3. The molecule has 0 unspecified atom stereocenters. The van der Waals surface area contributed by atoms with Gasteiger partial charge < -0.3 is 0 Å². The summed E-state index contributed by atoms with van der Waals surface area (Å²) in [5, 5.41) is 0.651. The molecule has 2 rings (SSSR count). The molecule has 1 aliphatic heterocycles. The molecule has 1 fully saturated rings. The first-order valence-corrected chi connectivity index (χ1v) is 7.57. The summed E-state index contributed by atoms with van der Waals surface area (Å²) in [6, 6.07) is 5.56. The second-order valence-corrected chi connectivity index (χ2v) is 6.30. The third kappa shape index (κ3) is 3.49. The number of Topliss-reactive ketones (excluding diaryl/α,β-unsaturated/α-hetero) is 1. The van der Waals surface area contributed by atoms with Crippen LogP contribution in [0.25, 0.3) is 0 Å². The smallest absolute Gasteiger partial charge is 0.163 e. The topological polar surface area (TPSA) is 17.1 Å². The van der Waals surface area contributed by atoms with E-state index in [1.165, 1.54) is 24.3 Å². The number of carbonyl (C=O) groups excluding carboxylic acids is 1. The van der Waals surface area contributed by atoms with E-state index in [4.69, 9.17) is 11.6 Å². The fourth-order valence-electron chi connectivity index (χ4n) is 2.22. The highest BCUT2D eigenvalue weighted by Gasteiger charge is 2.19. The molecule has 0 aliphatic carbocycles. The van der Waals surface area contributed by atoms with Gasteiger partial charge in [-0.2, -0.15) is 11.8 Å². The molecule has 0 radical (unpaired) electrons. The Bertz CT molecular complexity index is 411. The molecule has 0 saturated carbocycles. The number of hydrogen-bond acceptors (Lipinski definition) is 2. The number of rotatable bonds is 3. The Hall–Kier alpha value is -0.470. The number of aryl methyl sites for hydroxylation is 1. The van der Waals surface area contributed by atoms with Crippen molar-refractivity contribution in [1.82, 2.24) is 0 Å². The minimum atomic E-state index is 0.252. The summed E-state index contributed by atoms with van der Waals surface area (Å²) in [6.45, 7) is 1.97. The van der Waals surface area contributed by atoms with Crippen molar-refractivity contribution in [3.63, 3.8) is 0 Å². The van der Waals surface area contributed by atoms with Gasteiger partial charge in [0.05, 0.1) is 0 Å². The largest absolute Gasteiger partial charge is 0.294 e. The number of carbonyl (C=O) groups is 1. The van der Waals surface area contributed by atoms with E-state index in [9.17, 15) is 4.79 Å². The Kier molecular flexibility index (Phi) is 4.52. The van der Waals surface area contributed by atoms with Crippen molar-refractivity contribution in [2.75, 3.05) is 11.5 Å². The van der Waals surface area contributed by atoms with Gasteiger partial charge in [0.1, 0.15) is 0 Å². The SMILES string of the molecule is Cc1ccc(Cl)cc1C(=O)CC1CCSCC1. The predicted molar refractivity (Wildman–Crippen MR) is 75.2 cm³/mol. The minimum absolute atomic E-state index is 0.252. The van der Waals surface area contributed by atoms with Gasteiger partial charge >= 0.3 is 0 Å². The standard InChI is InChI=1S/C14H17ClOS/c1-10-2-3-12(15)9-13(10)14(16)8-11-4-6-17-7-5-11/h2-3,9,11H,4-8H2,1H3. The van der Waals surface area contributed by atoms with E-state index in [0.29, 0.717) is 17.4 Å². The van der Waals surface area contributed by atoms with E-state index in [0.717, 1.165) is 11.1 Å². The molecule has 0 bridgehead atoms. The summed E-state index contributed by atoms with van der Waals surface area (Å²) in [4.78, 5) is 12.2. The lowest BCUT2D eigenvalue weighted by atomic mass is 9.92. The molecule has 1 aromatic carbocycles. The van der Waals surface area contributed by atoms with E-state index in [1.807, 2.05) is 30.8 Å². The van der Waals surface area contributed by atoms with Crippen molar-refractivity contribution < 1.29 is 4.79 Å². The van der Waals surface area contributed by atoms with Gasteiger partial charge in [-0.3, -0.25) is 4.79 Å². The summed E-state index contributed by atoms with van der Waals surface area (Å²) >= 11 is 7.94. The van der Waals surface area contributed by atoms with Crippen LogP contribution in [0.15, 0.2) is 18.2 Å². The maximum absolute atomic E-state index is 12.2. The lowest BCUT2D eigenvalue weighted by Crippen LogP contribution is -2.15. The molecule has 0 N–H and O–H groups in total. The number of hydrogen-bond donors (Lipinski definition) is 0. The molecule has 3 heteroatoms. The van der Waals surface area contributed by atoms with E-state index in [2.05, 4.69) is 0 Å². The summed E-state index contributed by atoms with van der Waals surface area (Å²) in [7, 11) is 0. The van der Waals surface area contributed by atoms with E-state index >= 15 is 0 Å². The molecular weight excluding hydrogens is 252 g/mol. The van der Waals surface area contributed by atoms with Gasteiger partial charge in [-0.15, -0.1) is 0 Å². The van der Waals surface area contributed by atoms with Gasteiger partial charge in [0.2, 0.25) is 0 Å². The van der Waals surface area contributed by atoms with Gasteiger partial charge in [0.25, 0.3) is 0 Å². The third-order valence-corrected chi connectivity index (χ3v) is 4.60. The third-order valence-electron chi connectivity index (χ3n) is 3.31. The summed E-state index contributed by atoms with van der Waals surface area (Å²) in [5.41, 5.74) is 1.83. The average molecular weight is 269 g/mol. The Morgan fingerprint density at radius 2 is 2.12 bits per heavy atom. The summed E-state index contributed by atoms with van der Waals surface area (Å²) in [6.07, 6.45) is 3.04.